The van der Waals surface area contributed by atoms with Crippen LogP contribution in [0.5, 0.6) is 0 Å². The molecule has 3 aromatic rings. The molecule has 1 aromatic carbocycles. The molecule has 32 heavy (non-hydrogen) atoms. The molecule has 0 bridgehead atoms. The number of carbonyl (C=O) groups is 1. The van der Waals surface area contributed by atoms with Crippen molar-refractivity contribution in [3.63, 3.8) is 0 Å². The summed E-state index contributed by atoms with van der Waals surface area (Å²) in [5.74, 6) is 0.955. The first-order chi connectivity index (χ1) is 15.5. The van der Waals surface area contributed by atoms with Gasteiger partial charge in [0.15, 0.2) is 5.65 Å². The molecule has 0 amide bonds. The number of hydrogen-bond acceptors (Lipinski definition) is 6. The maximum Gasteiger partial charge on any atom is 0.186 e. The topological polar surface area (TPSA) is 84.0 Å². The van der Waals surface area contributed by atoms with Crippen molar-refractivity contribution >= 4 is 22.6 Å². The van der Waals surface area contributed by atoms with Crippen LogP contribution in [0.25, 0.3) is 22.3 Å². The SMILES string of the molecule is CC(C)C(=O)CCCCCc1ccc(-c2[nH]nc3ncnc(N4CCOCC4)c23)cc1F. The van der Waals surface area contributed by atoms with E-state index in [2.05, 4.69) is 25.1 Å². The fourth-order valence-electron chi connectivity index (χ4n) is 4.05. The summed E-state index contributed by atoms with van der Waals surface area (Å²) in [6, 6.07) is 5.32. The Kier molecular flexibility index (Phi) is 7.09. The van der Waals surface area contributed by atoms with Gasteiger partial charge in [-0.1, -0.05) is 32.4 Å². The molecule has 0 saturated carbocycles. The van der Waals surface area contributed by atoms with Crippen molar-refractivity contribution in [2.24, 2.45) is 5.92 Å². The standard InChI is InChI=1S/C24H30FN5O2/c1-16(2)20(31)7-5-3-4-6-17-8-9-18(14-19(17)25)22-21-23(29-28-22)26-15-27-24(21)30-10-12-32-13-11-30/h8-9,14-16H,3-7,10-13H2,1-2H3,(H,26,27,28,29). The Morgan fingerprint density at radius 3 is 2.75 bits per heavy atom. The number of aromatic nitrogens is 4. The molecule has 1 saturated heterocycles. The van der Waals surface area contributed by atoms with Crippen molar-refractivity contribution in [1.82, 2.24) is 20.2 Å². The molecule has 0 radical (unpaired) electrons. The first-order valence-corrected chi connectivity index (χ1v) is 11.4. The number of rotatable bonds is 9. The number of unbranched alkanes of at least 4 members (excludes halogenated alkanes) is 2. The second kappa shape index (κ2) is 10.2. The Balaban J connectivity index is 1.48. The van der Waals surface area contributed by atoms with Gasteiger partial charge in [-0.15, -0.1) is 0 Å². The number of benzene rings is 1. The van der Waals surface area contributed by atoms with Crippen LogP contribution in [0, 0.1) is 11.7 Å². The van der Waals surface area contributed by atoms with Gasteiger partial charge in [-0.05, 0) is 30.9 Å². The smallest absolute Gasteiger partial charge is 0.186 e. The van der Waals surface area contributed by atoms with Crippen LogP contribution in [0.3, 0.4) is 0 Å². The number of carbonyl (C=O) groups excluding carboxylic acids is 1. The van der Waals surface area contributed by atoms with Gasteiger partial charge in [0.2, 0.25) is 0 Å². The minimum atomic E-state index is -0.228. The minimum Gasteiger partial charge on any atom is -0.378 e. The second-order valence-corrected chi connectivity index (χ2v) is 8.58. The molecule has 2 aromatic heterocycles. The molecule has 1 fully saturated rings. The van der Waals surface area contributed by atoms with E-state index in [0.717, 1.165) is 54.8 Å². The summed E-state index contributed by atoms with van der Waals surface area (Å²) in [4.78, 5) is 22.6. The third-order valence-electron chi connectivity index (χ3n) is 6.00. The number of halogens is 1. The van der Waals surface area contributed by atoms with Crippen molar-refractivity contribution in [1.29, 1.82) is 0 Å². The van der Waals surface area contributed by atoms with E-state index in [1.54, 1.807) is 6.07 Å². The van der Waals surface area contributed by atoms with Gasteiger partial charge in [-0.2, -0.15) is 5.10 Å². The van der Waals surface area contributed by atoms with E-state index in [0.29, 0.717) is 43.0 Å². The number of ketones is 1. The molecule has 0 unspecified atom stereocenters. The molecule has 170 valence electrons. The van der Waals surface area contributed by atoms with E-state index in [9.17, 15) is 9.18 Å². The molecule has 0 atom stereocenters. The molecule has 0 spiro atoms. The quantitative estimate of drug-likeness (QED) is 0.500. The fourth-order valence-corrected chi connectivity index (χ4v) is 4.05. The maximum absolute atomic E-state index is 14.9. The highest BCUT2D eigenvalue weighted by Crippen LogP contribution is 2.33. The predicted octanol–water partition coefficient (Wildman–Crippen LogP) is 4.32. The molecule has 1 N–H and O–H groups in total. The van der Waals surface area contributed by atoms with E-state index in [-0.39, 0.29) is 11.7 Å². The number of aryl methyl sites for hydroxylation is 1. The maximum atomic E-state index is 14.9. The van der Waals surface area contributed by atoms with Gasteiger partial charge in [0.25, 0.3) is 0 Å². The lowest BCUT2D eigenvalue weighted by molar-refractivity contribution is -0.122. The number of morpholine rings is 1. The predicted molar refractivity (Wildman–Crippen MR) is 122 cm³/mol. The van der Waals surface area contributed by atoms with Gasteiger partial charge in [0.05, 0.1) is 24.3 Å². The van der Waals surface area contributed by atoms with Crippen molar-refractivity contribution in [2.75, 3.05) is 31.2 Å². The Morgan fingerprint density at radius 1 is 1.19 bits per heavy atom. The molecular formula is C24H30FN5O2. The monoisotopic (exact) mass is 439 g/mol. The molecule has 4 rings (SSSR count). The molecule has 1 aliphatic heterocycles. The fraction of sp³-hybridized carbons (Fsp3) is 0.500. The van der Waals surface area contributed by atoms with Crippen molar-refractivity contribution in [2.45, 2.75) is 46.0 Å². The van der Waals surface area contributed by atoms with Crippen molar-refractivity contribution in [3.05, 3.63) is 35.9 Å². The van der Waals surface area contributed by atoms with E-state index in [1.165, 1.54) is 6.33 Å². The minimum absolute atomic E-state index is 0.0905. The average Bonchev–Trinajstić information content (AvgIpc) is 3.24. The third kappa shape index (κ3) is 4.96. The largest absolute Gasteiger partial charge is 0.378 e. The second-order valence-electron chi connectivity index (χ2n) is 8.58. The normalized spacial score (nSPS) is 14.4. The summed E-state index contributed by atoms with van der Waals surface area (Å²) in [7, 11) is 0. The van der Waals surface area contributed by atoms with Gasteiger partial charge in [0.1, 0.15) is 23.7 Å². The summed E-state index contributed by atoms with van der Waals surface area (Å²) in [5, 5.41) is 8.14. The Labute approximate surface area is 187 Å². The van der Waals surface area contributed by atoms with Crippen LogP contribution in [0.2, 0.25) is 0 Å². The van der Waals surface area contributed by atoms with Crippen LogP contribution >= 0.6 is 0 Å². The highest BCUT2D eigenvalue weighted by Gasteiger charge is 2.21. The first kappa shape index (κ1) is 22.3. The number of ether oxygens (including phenoxy) is 1. The lowest BCUT2D eigenvalue weighted by Gasteiger charge is -2.28. The van der Waals surface area contributed by atoms with E-state index in [1.807, 2.05) is 26.0 Å². The van der Waals surface area contributed by atoms with Gasteiger partial charge in [-0.3, -0.25) is 9.89 Å². The van der Waals surface area contributed by atoms with Gasteiger partial charge in [0, 0.05) is 31.0 Å². The molecule has 3 heterocycles. The Hall–Kier alpha value is -2.87. The highest BCUT2D eigenvalue weighted by atomic mass is 19.1. The van der Waals surface area contributed by atoms with Crippen LogP contribution in [0.4, 0.5) is 10.2 Å². The Morgan fingerprint density at radius 2 is 2.00 bits per heavy atom. The number of H-pyrrole nitrogens is 1. The van der Waals surface area contributed by atoms with Crippen LogP contribution < -0.4 is 4.90 Å². The van der Waals surface area contributed by atoms with Crippen LogP contribution in [-0.4, -0.2) is 52.3 Å². The number of Topliss-reactive ketones (excluding diaryl/α,β-unsaturated/α-hetero) is 1. The summed E-state index contributed by atoms with van der Waals surface area (Å²) in [6.45, 7) is 6.64. The number of nitrogens with one attached hydrogen (secondary N) is 1. The zero-order chi connectivity index (χ0) is 22.5. The van der Waals surface area contributed by atoms with E-state index < -0.39 is 0 Å². The van der Waals surface area contributed by atoms with Crippen LogP contribution in [0.1, 0.15) is 45.1 Å². The first-order valence-electron chi connectivity index (χ1n) is 11.4. The van der Waals surface area contributed by atoms with E-state index in [4.69, 9.17) is 4.74 Å². The number of anilines is 1. The molecule has 0 aliphatic carbocycles. The van der Waals surface area contributed by atoms with Crippen molar-refractivity contribution in [3.8, 4) is 11.3 Å². The van der Waals surface area contributed by atoms with Crippen LogP contribution in [0.15, 0.2) is 24.5 Å². The van der Waals surface area contributed by atoms with E-state index >= 15 is 0 Å². The zero-order valence-corrected chi connectivity index (χ0v) is 18.7. The van der Waals surface area contributed by atoms with Gasteiger partial charge >= 0.3 is 0 Å². The zero-order valence-electron chi connectivity index (χ0n) is 18.7. The average molecular weight is 440 g/mol. The third-order valence-corrected chi connectivity index (χ3v) is 6.00. The molecule has 8 heteroatoms. The number of fused-ring (bicyclic) bond motifs is 1. The molecular weight excluding hydrogens is 409 g/mol. The lowest BCUT2D eigenvalue weighted by Crippen LogP contribution is -2.36. The Bertz CT molecular complexity index is 1080. The number of nitrogens with zero attached hydrogens (tertiary/aromatic N) is 4. The molecule has 1 aliphatic rings. The highest BCUT2D eigenvalue weighted by molar-refractivity contribution is 5.99. The van der Waals surface area contributed by atoms with Crippen molar-refractivity contribution < 1.29 is 13.9 Å². The number of hydrogen-bond donors (Lipinski definition) is 1. The van der Waals surface area contributed by atoms with Gasteiger partial charge in [-0.25, -0.2) is 14.4 Å². The summed E-state index contributed by atoms with van der Waals surface area (Å²) < 4.78 is 20.3. The summed E-state index contributed by atoms with van der Waals surface area (Å²) in [5.41, 5.74) is 2.70. The number of aromatic amines is 1. The summed E-state index contributed by atoms with van der Waals surface area (Å²) >= 11 is 0. The van der Waals surface area contributed by atoms with Gasteiger partial charge < -0.3 is 9.64 Å². The summed E-state index contributed by atoms with van der Waals surface area (Å²) in [6.07, 6.45) is 5.43. The molecule has 7 nitrogen and oxygen atoms in total. The van der Waals surface area contributed by atoms with Crippen LogP contribution in [-0.2, 0) is 16.0 Å². The lowest BCUT2D eigenvalue weighted by atomic mass is 9.99.